The fraction of sp³-hybridized carbons (Fsp3) is 0.611. The van der Waals surface area contributed by atoms with E-state index >= 15 is 0 Å². The number of carboxylic acids is 1. The van der Waals surface area contributed by atoms with E-state index in [4.69, 9.17) is 5.11 Å². The summed E-state index contributed by atoms with van der Waals surface area (Å²) in [5.74, 6) is -0.669. The summed E-state index contributed by atoms with van der Waals surface area (Å²) in [7, 11) is 0. The summed E-state index contributed by atoms with van der Waals surface area (Å²) in [4.78, 5) is 33.7. The number of likely N-dealkylation sites (N-methyl/N-ethyl adjacent to an activating group) is 1. The molecule has 0 aromatic carbocycles. The molecule has 2 rings (SSSR count). The van der Waals surface area contributed by atoms with Gasteiger partial charge in [-0.3, -0.25) is 24.4 Å². The minimum Gasteiger partial charge on any atom is -0.480 e. The number of carbonyl (C=O) groups is 2. The van der Waals surface area contributed by atoms with Crippen molar-refractivity contribution < 1.29 is 14.7 Å². The molecule has 1 aromatic rings. The van der Waals surface area contributed by atoms with Gasteiger partial charge in [0.15, 0.2) is 0 Å². The number of hydrogen-bond acceptors (Lipinski definition) is 6. The van der Waals surface area contributed by atoms with Gasteiger partial charge < -0.3 is 10.0 Å². The topological polar surface area (TPSA) is 77.0 Å². The zero-order valence-electron chi connectivity index (χ0n) is 15.1. The minimum absolute atomic E-state index is 0.0138. The van der Waals surface area contributed by atoms with Gasteiger partial charge in [-0.05, 0) is 25.6 Å². The standard InChI is InChI=1S/C18H28N4O3/c1-3-20-7-9-21(11-15(2)23)12-16-5-4-6-17(19-16)13-22(10-8-20)14-18(24)25/h4-6H,3,7-14H2,1-2H3,(H,24,25). The van der Waals surface area contributed by atoms with Gasteiger partial charge in [-0.2, -0.15) is 0 Å². The molecule has 1 aliphatic heterocycles. The summed E-state index contributed by atoms with van der Waals surface area (Å²) in [5.41, 5.74) is 1.78. The number of nitrogens with zero attached hydrogens (tertiary/aromatic N) is 4. The van der Waals surface area contributed by atoms with Crippen molar-refractivity contribution in [1.82, 2.24) is 19.7 Å². The van der Waals surface area contributed by atoms with Crippen LogP contribution in [-0.4, -0.2) is 82.4 Å². The third-order valence-electron chi connectivity index (χ3n) is 4.35. The molecule has 7 nitrogen and oxygen atoms in total. The zero-order chi connectivity index (χ0) is 18.2. The molecule has 0 radical (unpaired) electrons. The van der Waals surface area contributed by atoms with E-state index in [1.54, 1.807) is 6.92 Å². The number of carboxylic acid groups (broad SMARTS) is 1. The normalized spacial score (nSPS) is 18.3. The first-order valence-corrected chi connectivity index (χ1v) is 8.79. The molecule has 1 aromatic heterocycles. The van der Waals surface area contributed by atoms with Gasteiger partial charge in [0, 0.05) is 39.3 Å². The Balaban J connectivity index is 2.21. The van der Waals surface area contributed by atoms with Crippen molar-refractivity contribution in [3.05, 3.63) is 29.6 Å². The number of ketones is 1. The van der Waals surface area contributed by atoms with Crippen LogP contribution in [0.15, 0.2) is 18.2 Å². The second-order valence-corrected chi connectivity index (χ2v) is 6.57. The van der Waals surface area contributed by atoms with Crippen LogP contribution in [0.25, 0.3) is 0 Å². The van der Waals surface area contributed by atoms with Gasteiger partial charge in [-0.15, -0.1) is 0 Å². The maximum absolute atomic E-state index is 11.6. The Morgan fingerprint density at radius 2 is 1.52 bits per heavy atom. The Labute approximate surface area is 149 Å². The van der Waals surface area contributed by atoms with E-state index in [9.17, 15) is 9.59 Å². The van der Waals surface area contributed by atoms with Gasteiger partial charge in [0.1, 0.15) is 5.78 Å². The predicted octanol–water partition coefficient (Wildman–Crippen LogP) is 0.695. The maximum Gasteiger partial charge on any atom is 0.317 e. The van der Waals surface area contributed by atoms with Gasteiger partial charge in [0.25, 0.3) is 0 Å². The van der Waals surface area contributed by atoms with E-state index in [1.165, 1.54) is 0 Å². The molecule has 0 aliphatic carbocycles. The van der Waals surface area contributed by atoms with Crippen LogP contribution >= 0.6 is 0 Å². The zero-order valence-corrected chi connectivity index (χ0v) is 15.1. The molecule has 0 fully saturated rings. The number of aliphatic carboxylic acids is 1. The number of carbonyl (C=O) groups excluding carboxylic acids is 1. The number of aromatic nitrogens is 1. The lowest BCUT2D eigenvalue weighted by atomic mass is 10.2. The van der Waals surface area contributed by atoms with Gasteiger partial charge in [0.05, 0.1) is 24.5 Å². The molecule has 2 bridgehead atoms. The average Bonchev–Trinajstić information content (AvgIpc) is 2.53. The van der Waals surface area contributed by atoms with E-state index < -0.39 is 5.97 Å². The Morgan fingerprint density at radius 3 is 2.00 bits per heavy atom. The summed E-state index contributed by atoms with van der Waals surface area (Å²) < 4.78 is 0. The summed E-state index contributed by atoms with van der Waals surface area (Å²) >= 11 is 0. The summed E-state index contributed by atoms with van der Waals surface area (Å²) in [6, 6.07) is 5.84. The molecule has 1 aliphatic rings. The summed E-state index contributed by atoms with van der Waals surface area (Å²) in [6.07, 6.45) is 0. The van der Waals surface area contributed by atoms with E-state index in [-0.39, 0.29) is 12.3 Å². The first-order chi connectivity index (χ1) is 12.0. The highest BCUT2D eigenvalue weighted by molar-refractivity contribution is 5.77. The molecular weight excluding hydrogens is 320 g/mol. The number of pyridine rings is 1. The molecule has 138 valence electrons. The third kappa shape index (κ3) is 6.89. The molecule has 0 saturated carbocycles. The maximum atomic E-state index is 11.6. The van der Waals surface area contributed by atoms with Crippen molar-refractivity contribution in [1.29, 1.82) is 0 Å². The Bertz CT molecular complexity index is 548. The van der Waals surface area contributed by atoms with Crippen LogP contribution in [0.4, 0.5) is 0 Å². The van der Waals surface area contributed by atoms with Crippen molar-refractivity contribution in [2.24, 2.45) is 0 Å². The fourth-order valence-electron chi connectivity index (χ4n) is 3.09. The van der Waals surface area contributed by atoms with Crippen LogP contribution in [0.2, 0.25) is 0 Å². The highest BCUT2D eigenvalue weighted by Gasteiger charge is 2.17. The highest BCUT2D eigenvalue weighted by Crippen LogP contribution is 2.09. The Kier molecular flexibility index (Phi) is 7.49. The molecule has 25 heavy (non-hydrogen) atoms. The van der Waals surface area contributed by atoms with Crippen molar-refractivity contribution in [2.45, 2.75) is 26.9 Å². The quantitative estimate of drug-likeness (QED) is 0.839. The summed E-state index contributed by atoms with van der Waals surface area (Å²) in [5, 5.41) is 9.16. The first kappa shape index (κ1) is 19.5. The molecule has 7 heteroatoms. The Hall–Kier alpha value is -1.83. The fourth-order valence-corrected chi connectivity index (χ4v) is 3.09. The van der Waals surface area contributed by atoms with Gasteiger partial charge in [-0.1, -0.05) is 13.0 Å². The lowest BCUT2D eigenvalue weighted by molar-refractivity contribution is -0.138. The monoisotopic (exact) mass is 348 g/mol. The van der Waals surface area contributed by atoms with Crippen LogP contribution in [0, 0.1) is 0 Å². The first-order valence-electron chi connectivity index (χ1n) is 8.79. The molecular formula is C18H28N4O3. The van der Waals surface area contributed by atoms with Crippen LogP contribution in [0.1, 0.15) is 25.2 Å². The number of hydrogen-bond donors (Lipinski definition) is 1. The highest BCUT2D eigenvalue weighted by atomic mass is 16.4. The van der Waals surface area contributed by atoms with E-state index in [0.717, 1.165) is 37.6 Å². The molecule has 0 amide bonds. The van der Waals surface area contributed by atoms with E-state index in [1.807, 2.05) is 23.1 Å². The average molecular weight is 348 g/mol. The lowest BCUT2D eigenvalue weighted by Gasteiger charge is -2.29. The van der Waals surface area contributed by atoms with Crippen molar-refractivity contribution in [3.63, 3.8) is 0 Å². The predicted molar refractivity (Wildman–Crippen MR) is 95.2 cm³/mol. The van der Waals surface area contributed by atoms with E-state index in [0.29, 0.717) is 26.2 Å². The van der Waals surface area contributed by atoms with Gasteiger partial charge in [-0.25, -0.2) is 0 Å². The van der Waals surface area contributed by atoms with Crippen LogP contribution in [0.5, 0.6) is 0 Å². The lowest BCUT2D eigenvalue weighted by Crippen LogP contribution is -2.42. The molecule has 0 saturated heterocycles. The Morgan fingerprint density at radius 1 is 1.00 bits per heavy atom. The number of Topliss-reactive ketones (excluding diaryl/α,β-unsaturated/α-hetero) is 1. The van der Waals surface area contributed by atoms with Gasteiger partial charge >= 0.3 is 5.97 Å². The second kappa shape index (κ2) is 9.60. The van der Waals surface area contributed by atoms with Gasteiger partial charge in [0.2, 0.25) is 0 Å². The van der Waals surface area contributed by atoms with Crippen LogP contribution in [0.3, 0.4) is 0 Å². The van der Waals surface area contributed by atoms with Crippen molar-refractivity contribution in [3.8, 4) is 0 Å². The largest absolute Gasteiger partial charge is 0.480 e. The van der Waals surface area contributed by atoms with Crippen LogP contribution in [-0.2, 0) is 22.7 Å². The third-order valence-corrected chi connectivity index (χ3v) is 4.35. The van der Waals surface area contributed by atoms with E-state index in [2.05, 4.69) is 21.7 Å². The number of fused-ring (bicyclic) bond motifs is 2. The smallest absolute Gasteiger partial charge is 0.317 e. The molecule has 2 heterocycles. The second-order valence-electron chi connectivity index (χ2n) is 6.57. The SMILES string of the molecule is CCN1CCN(CC(C)=O)Cc2cccc(n2)CN(CC(=O)O)CC1. The number of rotatable bonds is 5. The molecule has 1 N–H and O–H groups in total. The van der Waals surface area contributed by atoms with Crippen LogP contribution < -0.4 is 0 Å². The molecule has 0 spiro atoms. The van der Waals surface area contributed by atoms with Crippen molar-refractivity contribution >= 4 is 11.8 Å². The molecule has 0 atom stereocenters. The molecule has 0 unspecified atom stereocenters. The minimum atomic E-state index is -0.820. The van der Waals surface area contributed by atoms with Crippen molar-refractivity contribution in [2.75, 3.05) is 45.8 Å². The summed E-state index contributed by atoms with van der Waals surface area (Å²) in [6.45, 7) is 9.33.